The summed E-state index contributed by atoms with van der Waals surface area (Å²) in [6.07, 6.45) is 4.83. The molecular weight excluding hydrogens is 288 g/mol. The summed E-state index contributed by atoms with van der Waals surface area (Å²) < 4.78 is 7.66. The van der Waals surface area contributed by atoms with Gasteiger partial charge in [0.1, 0.15) is 5.82 Å². The van der Waals surface area contributed by atoms with Crippen molar-refractivity contribution >= 4 is 5.95 Å². The third-order valence-electron chi connectivity index (χ3n) is 5.41. The predicted molar refractivity (Wildman–Crippen MR) is 89.7 cm³/mol. The highest BCUT2D eigenvalue weighted by atomic mass is 16.5. The first kappa shape index (κ1) is 14.7. The predicted octanol–water partition coefficient (Wildman–Crippen LogP) is 2.51. The lowest BCUT2D eigenvalue weighted by atomic mass is 9.95. The molecule has 2 fully saturated rings. The Morgan fingerprint density at radius 2 is 1.78 bits per heavy atom. The van der Waals surface area contributed by atoms with Crippen molar-refractivity contribution in [1.82, 2.24) is 14.8 Å². The van der Waals surface area contributed by atoms with Gasteiger partial charge in [-0.1, -0.05) is 30.3 Å². The molecule has 1 aliphatic heterocycles. The van der Waals surface area contributed by atoms with Crippen LogP contribution in [0.4, 0.5) is 5.95 Å². The molecule has 5 heteroatoms. The van der Waals surface area contributed by atoms with Crippen LogP contribution in [0.3, 0.4) is 0 Å². The van der Waals surface area contributed by atoms with Crippen molar-refractivity contribution in [2.24, 2.45) is 7.05 Å². The summed E-state index contributed by atoms with van der Waals surface area (Å²) in [4.78, 5) is 2.34. The molecule has 2 aliphatic rings. The van der Waals surface area contributed by atoms with Crippen LogP contribution in [0, 0.1) is 0 Å². The van der Waals surface area contributed by atoms with E-state index >= 15 is 0 Å². The molecule has 1 aliphatic carbocycles. The fourth-order valence-electron chi connectivity index (χ4n) is 3.83. The van der Waals surface area contributed by atoms with E-state index in [0.717, 1.165) is 50.5 Å². The van der Waals surface area contributed by atoms with Crippen molar-refractivity contribution in [1.29, 1.82) is 0 Å². The monoisotopic (exact) mass is 312 g/mol. The summed E-state index contributed by atoms with van der Waals surface area (Å²) in [5.74, 6) is 2.10. The molecule has 2 heterocycles. The summed E-state index contributed by atoms with van der Waals surface area (Å²) >= 11 is 0. The number of rotatable bonds is 4. The Hall–Kier alpha value is -1.88. The van der Waals surface area contributed by atoms with E-state index in [2.05, 4.69) is 57.0 Å². The summed E-state index contributed by atoms with van der Waals surface area (Å²) in [6.45, 7) is 1.98. The highest BCUT2D eigenvalue weighted by Gasteiger charge is 2.50. The van der Waals surface area contributed by atoms with E-state index in [1.54, 1.807) is 7.11 Å². The Bertz CT molecular complexity index is 670. The van der Waals surface area contributed by atoms with Gasteiger partial charge in [-0.25, -0.2) is 0 Å². The van der Waals surface area contributed by atoms with Gasteiger partial charge in [-0.2, -0.15) is 0 Å². The second-order valence-electron chi connectivity index (χ2n) is 6.75. The van der Waals surface area contributed by atoms with Gasteiger partial charge < -0.3 is 9.64 Å². The smallest absolute Gasteiger partial charge is 0.226 e. The van der Waals surface area contributed by atoms with Gasteiger partial charge >= 0.3 is 0 Å². The zero-order chi connectivity index (χ0) is 15.9. The van der Waals surface area contributed by atoms with Crippen LogP contribution in [0.2, 0.25) is 0 Å². The second kappa shape index (κ2) is 5.64. The molecule has 0 amide bonds. The van der Waals surface area contributed by atoms with Crippen LogP contribution in [-0.2, 0) is 17.2 Å². The highest BCUT2D eigenvalue weighted by molar-refractivity contribution is 5.43. The van der Waals surface area contributed by atoms with Crippen LogP contribution < -0.4 is 4.90 Å². The van der Waals surface area contributed by atoms with Crippen molar-refractivity contribution < 1.29 is 4.74 Å². The molecule has 0 atom stereocenters. The van der Waals surface area contributed by atoms with E-state index in [1.165, 1.54) is 5.56 Å². The van der Waals surface area contributed by atoms with E-state index in [9.17, 15) is 0 Å². The minimum absolute atomic E-state index is 0.0755. The summed E-state index contributed by atoms with van der Waals surface area (Å²) in [6, 6.07) is 10.7. The maximum atomic E-state index is 5.46. The van der Waals surface area contributed by atoms with Crippen LogP contribution in [0.15, 0.2) is 30.3 Å². The van der Waals surface area contributed by atoms with Crippen LogP contribution in [0.25, 0.3) is 0 Å². The molecule has 0 spiro atoms. The number of aromatic nitrogens is 3. The van der Waals surface area contributed by atoms with Crippen molar-refractivity contribution in [3.05, 3.63) is 41.7 Å². The fourth-order valence-corrected chi connectivity index (χ4v) is 3.83. The van der Waals surface area contributed by atoms with E-state index in [4.69, 9.17) is 4.74 Å². The van der Waals surface area contributed by atoms with Crippen molar-refractivity contribution in [2.75, 3.05) is 25.1 Å². The molecule has 1 aromatic carbocycles. The Kier molecular flexibility index (Phi) is 3.60. The van der Waals surface area contributed by atoms with Crippen LogP contribution in [0.5, 0.6) is 0 Å². The number of ether oxygens (including phenoxy) is 1. The second-order valence-corrected chi connectivity index (χ2v) is 6.75. The van der Waals surface area contributed by atoms with Gasteiger partial charge in [0.25, 0.3) is 0 Å². The van der Waals surface area contributed by atoms with Gasteiger partial charge in [0, 0.05) is 27.2 Å². The average molecular weight is 312 g/mol. The molecule has 0 bridgehead atoms. The topological polar surface area (TPSA) is 43.2 Å². The number of hydrogen-bond acceptors (Lipinski definition) is 4. The Balaban J connectivity index is 1.60. The maximum absolute atomic E-state index is 5.46. The number of anilines is 1. The Labute approximate surface area is 137 Å². The van der Waals surface area contributed by atoms with Gasteiger partial charge in [0.2, 0.25) is 5.95 Å². The number of piperidine rings is 1. The number of nitrogens with zero attached hydrogens (tertiary/aromatic N) is 4. The van der Waals surface area contributed by atoms with Gasteiger partial charge in [0.15, 0.2) is 0 Å². The third kappa shape index (κ3) is 2.43. The van der Waals surface area contributed by atoms with E-state index < -0.39 is 0 Å². The highest BCUT2D eigenvalue weighted by Crippen LogP contribution is 2.52. The Morgan fingerprint density at radius 3 is 2.39 bits per heavy atom. The van der Waals surface area contributed by atoms with Gasteiger partial charge in [-0.05, 0) is 31.2 Å². The maximum Gasteiger partial charge on any atom is 0.226 e. The summed E-state index contributed by atoms with van der Waals surface area (Å²) in [5, 5.41) is 9.10. The van der Waals surface area contributed by atoms with E-state index in [1.807, 2.05) is 0 Å². The molecule has 4 rings (SSSR count). The first-order chi connectivity index (χ1) is 11.2. The molecule has 0 radical (unpaired) electrons. The molecule has 2 aromatic rings. The summed E-state index contributed by atoms with van der Waals surface area (Å²) in [7, 11) is 3.91. The molecule has 1 saturated heterocycles. The molecule has 1 aromatic heterocycles. The quantitative estimate of drug-likeness (QED) is 0.870. The van der Waals surface area contributed by atoms with Crippen LogP contribution in [0.1, 0.15) is 37.1 Å². The number of methoxy groups -OCH3 is 1. The van der Waals surface area contributed by atoms with E-state index in [-0.39, 0.29) is 5.41 Å². The SMILES string of the molecule is COC1CCN(c2nnc(C3(c4ccccc4)CC3)n2C)CC1. The summed E-state index contributed by atoms with van der Waals surface area (Å²) in [5.41, 5.74) is 1.44. The van der Waals surface area contributed by atoms with Gasteiger partial charge in [-0.15, -0.1) is 10.2 Å². The molecule has 0 unspecified atom stereocenters. The van der Waals surface area contributed by atoms with Gasteiger partial charge in [-0.3, -0.25) is 4.57 Å². The molecular formula is C18H24N4O. The van der Waals surface area contributed by atoms with Crippen molar-refractivity contribution in [2.45, 2.75) is 37.2 Å². The van der Waals surface area contributed by atoms with Gasteiger partial charge in [0.05, 0.1) is 11.5 Å². The zero-order valence-electron chi connectivity index (χ0n) is 13.9. The lowest BCUT2D eigenvalue weighted by molar-refractivity contribution is 0.0815. The van der Waals surface area contributed by atoms with E-state index in [0.29, 0.717) is 6.10 Å². The molecule has 23 heavy (non-hydrogen) atoms. The lowest BCUT2D eigenvalue weighted by Crippen LogP contribution is -2.38. The minimum Gasteiger partial charge on any atom is -0.381 e. The average Bonchev–Trinajstić information content (AvgIpc) is 3.33. The zero-order valence-corrected chi connectivity index (χ0v) is 13.9. The van der Waals surface area contributed by atoms with Crippen LogP contribution >= 0.6 is 0 Å². The largest absolute Gasteiger partial charge is 0.381 e. The minimum atomic E-state index is 0.0755. The molecule has 0 N–H and O–H groups in total. The fraction of sp³-hybridized carbons (Fsp3) is 0.556. The third-order valence-corrected chi connectivity index (χ3v) is 5.41. The first-order valence-corrected chi connectivity index (χ1v) is 8.48. The van der Waals surface area contributed by atoms with Crippen molar-refractivity contribution in [3.8, 4) is 0 Å². The number of hydrogen-bond donors (Lipinski definition) is 0. The van der Waals surface area contributed by atoms with Crippen molar-refractivity contribution in [3.63, 3.8) is 0 Å². The molecule has 1 saturated carbocycles. The first-order valence-electron chi connectivity index (χ1n) is 8.48. The Morgan fingerprint density at radius 1 is 1.09 bits per heavy atom. The molecule has 122 valence electrons. The normalized spacial score (nSPS) is 20.7. The lowest BCUT2D eigenvalue weighted by Gasteiger charge is -2.31. The standard InChI is InChI=1S/C18H24N4O/c1-21-16(18(10-11-18)14-6-4-3-5-7-14)19-20-17(21)22-12-8-15(23-2)9-13-22/h3-7,15H,8-13H2,1-2H3. The van der Waals surface area contributed by atoms with Crippen LogP contribution in [-0.4, -0.2) is 41.1 Å². The molecule has 5 nitrogen and oxygen atoms in total. The number of benzene rings is 1.